The lowest BCUT2D eigenvalue weighted by molar-refractivity contribution is -0.141. The summed E-state index contributed by atoms with van der Waals surface area (Å²) in [5.74, 6) is 0. The van der Waals surface area contributed by atoms with Crippen molar-refractivity contribution >= 4 is 34.2 Å². The van der Waals surface area contributed by atoms with Gasteiger partial charge in [0.1, 0.15) is 9.39 Å². The maximum absolute atomic E-state index is 12.0. The molecule has 1 heterocycles. The summed E-state index contributed by atoms with van der Waals surface area (Å²) in [6, 6.07) is 2.03. The van der Waals surface area contributed by atoms with Gasteiger partial charge in [-0.15, -0.1) is 0 Å². The number of aromatic nitrogens is 1. The first kappa shape index (κ1) is 10.0. The molecule has 0 aromatic carbocycles. The first-order chi connectivity index (χ1) is 5.41. The molecule has 0 saturated carbocycles. The lowest BCUT2D eigenvalue weighted by Gasteiger charge is -2.05. The second-order valence-electron chi connectivity index (χ2n) is 1.97. The van der Waals surface area contributed by atoms with Crippen molar-refractivity contribution < 1.29 is 13.2 Å². The molecule has 66 valence electrons. The molecule has 0 bridgehead atoms. The van der Waals surface area contributed by atoms with Crippen LogP contribution >= 0.6 is 34.2 Å². The summed E-state index contributed by atoms with van der Waals surface area (Å²) in [6.45, 7) is 0. The molecule has 0 unspecified atom stereocenters. The fraction of sp³-hybridized carbons (Fsp3) is 0.167. The Labute approximate surface area is 85.1 Å². The van der Waals surface area contributed by atoms with Gasteiger partial charge in [-0.2, -0.15) is 13.2 Å². The molecular formula is C6H2ClF3IN. The second kappa shape index (κ2) is 3.37. The predicted molar refractivity (Wildman–Crippen MR) is 47.0 cm³/mol. The SMILES string of the molecule is FC(F)(F)c1ccc(Cl)c(I)n1. The zero-order chi connectivity index (χ0) is 9.35. The molecule has 0 atom stereocenters. The molecule has 0 saturated heterocycles. The minimum absolute atomic E-state index is 0.157. The minimum Gasteiger partial charge on any atom is -0.236 e. The van der Waals surface area contributed by atoms with Crippen LogP contribution < -0.4 is 0 Å². The van der Waals surface area contributed by atoms with Crippen LogP contribution in [-0.4, -0.2) is 4.98 Å². The summed E-state index contributed by atoms with van der Waals surface area (Å²) in [4.78, 5) is 3.27. The Bertz CT molecular complexity index is 299. The molecule has 1 rings (SSSR count). The van der Waals surface area contributed by atoms with E-state index in [1.165, 1.54) is 6.07 Å². The number of nitrogens with zero attached hydrogens (tertiary/aromatic N) is 1. The summed E-state index contributed by atoms with van der Waals surface area (Å²) in [5, 5.41) is 0.226. The standard InChI is InChI=1S/C6H2ClF3IN/c7-3-1-2-4(6(8,9)10)12-5(3)11/h1-2H. The van der Waals surface area contributed by atoms with Crippen LogP contribution in [0.2, 0.25) is 5.02 Å². The molecule has 12 heavy (non-hydrogen) atoms. The van der Waals surface area contributed by atoms with Crippen LogP contribution in [0.4, 0.5) is 13.2 Å². The van der Waals surface area contributed by atoms with Gasteiger partial charge >= 0.3 is 6.18 Å². The lowest BCUT2D eigenvalue weighted by atomic mass is 10.3. The number of hydrogen-bond donors (Lipinski definition) is 0. The van der Waals surface area contributed by atoms with Gasteiger partial charge in [0.05, 0.1) is 5.02 Å². The Balaban J connectivity index is 3.14. The number of halogens is 5. The maximum atomic E-state index is 12.0. The van der Waals surface area contributed by atoms with Crippen LogP contribution in [0.3, 0.4) is 0 Å². The van der Waals surface area contributed by atoms with Crippen LogP contribution in [-0.2, 0) is 6.18 Å². The highest BCUT2D eigenvalue weighted by Gasteiger charge is 2.32. The average molecular weight is 307 g/mol. The third-order valence-electron chi connectivity index (χ3n) is 1.09. The number of pyridine rings is 1. The van der Waals surface area contributed by atoms with E-state index in [2.05, 4.69) is 4.98 Å². The fourth-order valence-electron chi connectivity index (χ4n) is 0.575. The van der Waals surface area contributed by atoms with Gasteiger partial charge in [0.15, 0.2) is 0 Å². The van der Waals surface area contributed by atoms with Crippen molar-refractivity contribution in [2.24, 2.45) is 0 Å². The Hall–Kier alpha value is -0.0400. The Morgan fingerprint density at radius 1 is 1.33 bits per heavy atom. The van der Waals surface area contributed by atoms with Crippen molar-refractivity contribution in [1.29, 1.82) is 0 Å². The van der Waals surface area contributed by atoms with Crippen molar-refractivity contribution in [3.05, 3.63) is 26.5 Å². The highest BCUT2D eigenvalue weighted by molar-refractivity contribution is 14.1. The minimum atomic E-state index is -4.40. The number of alkyl halides is 3. The fourth-order valence-corrected chi connectivity index (χ4v) is 1.12. The monoisotopic (exact) mass is 307 g/mol. The zero-order valence-electron chi connectivity index (χ0n) is 5.49. The van der Waals surface area contributed by atoms with Crippen LogP contribution in [0, 0.1) is 3.70 Å². The molecule has 0 aliphatic heterocycles. The van der Waals surface area contributed by atoms with E-state index in [-0.39, 0.29) is 8.72 Å². The summed E-state index contributed by atoms with van der Waals surface area (Å²) < 4.78 is 36.1. The van der Waals surface area contributed by atoms with Gasteiger partial charge in [-0.1, -0.05) is 11.6 Å². The van der Waals surface area contributed by atoms with Gasteiger partial charge in [-0.05, 0) is 34.7 Å². The highest BCUT2D eigenvalue weighted by atomic mass is 127. The van der Waals surface area contributed by atoms with E-state index in [0.717, 1.165) is 6.07 Å². The van der Waals surface area contributed by atoms with Gasteiger partial charge in [-0.3, -0.25) is 0 Å². The van der Waals surface area contributed by atoms with E-state index in [0.29, 0.717) is 0 Å². The normalized spacial score (nSPS) is 11.8. The molecule has 1 aromatic rings. The van der Waals surface area contributed by atoms with Crippen molar-refractivity contribution in [1.82, 2.24) is 4.98 Å². The van der Waals surface area contributed by atoms with Gasteiger partial charge in [0.2, 0.25) is 0 Å². The van der Waals surface area contributed by atoms with E-state index in [1.807, 2.05) is 0 Å². The topological polar surface area (TPSA) is 12.9 Å². The van der Waals surface area contributed by atoms with E-state index >= 15 is 0 Å². The Kier molecular flexibility index (Phi) is 2.82. The van der Waals surface area contributed by atoms with Crippen molar-refractivity contribution in [3.63, 3.8) is 0 Å². The van der Waals surface area contributed by atoms with Gasteiger partial charge in [-0.25, -0.2) is 4.98 Å². The largest absolute Gasteiger partial charge is 0.433 e. The first-order valence-electron chi connectivity index (χ1n) is 2.80. The highest BCUT2D eigenvalue weighted by Crippen LogP contribution is 2.29. The number of hydrogen-bond acceptors (Lipinski definition) is 1. The van der Waals surface area contributed by atoms with E-state index < -0.39 is 11.9 Å². The molecule has 0 radical (unpaired) electrons. The van der Waals surface area contributed by atoms with Gasteiger partial charge in [0.25, 0.3) is 0 Å². The van der Waals surface area contributed by atoms with E-state index in [1.54, 1.807) is 22.6 Å². The zero-order valence-corrected chi connectivity index (χ0v) is 8.41. The van der Waals surface area contributed by atoms with Crippen LogP contribution in [0.25, 0.3) is 0 Å². The smallest absolute Gasteiger partial charge is 0.236 e. The van der Waals surface area contributed by atoms with E-state index in [9.17, 15) is 13.2 Å². The van der Waals surface area contributed by atoms with Crippen molar-refractivity contribution in [2.75, 3.05) is 0 Å². The third kappa shape index (κ3) is 2.22. The molecule has 1 aromatic heterocycles. The molecule has 0 aliphatic carbocycles. The quantitative estimate of drug-likeness (QED) is 0.529. The summed E-state index contributed by atoms with van der Waals surface area (Å²) in [6.07, 6.45) is -4.40. The number of rotatable bonds is 0. The average Bonchev–Trinajstić information content (AvgIpc) is 1.92. The molecule has 6 heteroatoms. The Morgan fingerprint density at radius 2 is 1.92 bits per heavy atom. The Morgan fingerprint density at radius 3 is 2.33 bits per heavy atom. The molecule has 0 spiro atoms. The van der Waals surface area contributed by atoms with Crippen molar-refractivity contribution in [2.45, 2.75) is 6.18 Å². The maximum Gasteiger partial charge on any atom is 0.433 e. The first-order valence-corrected chi connectivity index (χ1v) is 4.26. The summed E-state index contributed by atoms with van der Waals surface area (Å²) in [5.41, 5.74) is -0.920. The van der Waals surface area contributed by atoms with Gasteiger partial charge in [0, 0.05) is 0 Å². The molecule has 0 N–H and O–H groups in total. The molecule has 1 nitrogen and oxygen atoms in total. The molecule has 0 amide bonds. The third-order valence-corrected chi connectivity index (χ3v) is 2.54. The summed E-state index contributed by atoms with van der Waals surface area (Å²) in [7, 11) is 0. The second-order valence-corrected chi connectivity index (χ2v) is 3.40. The van der Waals surface area contributed by atoms with Crippen LogP contribution in [0.5, 0.6) is 0 Å². The lowest BCUT2D eigenvalue weighted by Crippen LogP contribution is -2.08. The molecular weight excluding hydrogens is 305 g/mol. The van der Waals surface area contributed by atoms with Crippen LogP contribution in [0.15, 0.2) is 12.1 Å². The summed E-state index contributed by atoms with van der Waals surface area (Å²) >= 11 is 7.14. The van der Waals surface area contributed by atoms with Crippen LogP contribution in [0.1, 0.15) is 5.69 Å². The molecule has 0 fully saturated rings. The molecule has 0 aliphatic rings. The predicted octanol–water partition coefficient (Wildman–Crippen LogP) is 3.36. The van der Waals surface area contributed by atoms with Gasteiger partial charge < -0.3 is 0 Å². The van der Waals surface area contributed by atoms with E-state index in [4.69, 9.17) is 11.6 Å². The van der Waals surface area contributed by atoms with Crippen molar-refractivity contribution in [3.8, 4) is 0 Å².